The fourth-order valence-electron chi connectivity index (χ4n) is 3.85. The molecule has 0 atom stereocenters. The number of nitrogens with zero attached hydrogens (tertiary/aromatic N) is 3. The molecule has 3 heterocycles. The molecule has 0 aliphatic rings. The van der Waals surface area contributed by atoms with Gasteiger partial charge in [-0.05, 0) is 68.4 Å². The minimum atomic E-state index is -0.460. The number of aromatic nitrogens is 3. The second-order valence-corrected chi connectivity index (χ2v) is 9.18. The number of phenolic OH excluding ortho intramolecular Hbond substituents is 2. The number of hydrogen-bond acceptors (Lipinski definition) is 9. The lowest BCUT2D eigenvalue weighted by Gasteiger charge is -2.10. The van der Waals surface area contributed by atoms with Gasteiger partial charge in [0.05, 0.1) is 0 Å². The van der Waals surface area contributed by atoms with E-state index in [1.54, 1.807) is 54.9 Å². The molecule has 0 aliphatic heterocycles. The number of carbonyl (C=O) groups is 1. The van der Waals surface area contributed by atoms with Gasteiger partial charge in [0.2, 0.25) is 0 Å². The Morgan fingerprint density at radius 2 is 1.35 bits per heavy atom. The molecule has 43 heavy (non-hydrogen) atoms. The first-order valence-corrected chi connectivity index (χ1v) is 12.7. The zero-order valence-electron chi connectivity index (χ0n) is 23.3. The van der Waals surface area contributed by atoms with Crippen molar-refractivity contribution >= 4 is 75.1 Å². The third-order valence-electron chi connectivity index (χ3n) is 5.71. The average molecular weight is 624 g/mol. The van der Waals surface area contributed by atoms with Gasteiger partial charge in [-0.25, -0.2) is 9.78 Å². The van der Waals surface area contributed by atoms with Crippen LogP contribution in [0.2, 0.25) is 0 Å². The molecule has 3 aromatic heterocycles. The Morgan fingerprint density at radius 3 is 2.05 bits per heavy atom. The van der Waals surface area contributed by atoms with Gasteiger partial charge in [0.1, 0.15) is 33.9 Å². The van der Waals surface area contributed by atoms with Crippen LogP contribution in [0, 0.1) is 0 Å². The van der Waals surface area contributed by atoms with Crippen molar-refractivity contribution < 1.29 is 19.7 Å². The Hall–Kier alpha value is -5.06. The maximum Gasteiger partial charge on any atom is 0.412 e. The van der Waals surface area contributed by atoms with Gasteiger partial charge in [0.25, 0.3) is 0 Å². The van der Waals surface area contributed by atoms with E-state index in [4.69, 9.17) is 16.2 Å². The summed E-state index contributed by atoms with van der Waals surface area (Å²) in [5, 5.41) is 24.1. The first kappa shape index (κ1) is 34.1. The summed E-state index contributed by atoms with van der Waals surface area (Å²) in [5.74, 6) is 1.23. The molecular formula is C31H32Cl2N6O4. The maximum absolute atomic E-state index is 11.5. The van der Waals surface area contributed by atoms with Crippen LogP contribution in [0.1, 0.15) is 13.8 Å². The number of anilines is 2. The van der Waals surface area contributed by atoms with Gasteiger partial charge in [-0.2, -0.15) is 0 Å². The highest BCUT2D eigenvalue weighted by molar-refractivity contribution is 5.93. The molecule has 6 rings (SSSR count). The molecule has 3 aromatic carbocycles. The molecule has 10 nitrogen and oxygen atoms in total. The van der Waals surface area contributed by atoms with Crippen molar-refractivity contribution in [3.05, 3.63) is 97.3 Å². The van der Waals surface area contributed by atoms with E-state index in [2.05, 4.69) is 20.3 Å². The number of nitrogens with two attached hydrogens (primary N) is 2. The largest absolute Gasteiger partial charge is 0.506 e. The van der Waals surface area contributed by atoms with Gasteiger partial charge in [0.15, 0.2) is 5.75 Å². The molecular weight excluding hydrogens is 591 g/mol. The van der Waals surface area contributed by atoms with E-state index in [1.807, 2.05) is 56.3 Å². The molecule has 0 spiro atoms. The Bertz CT molecular complexity index is 1770. The number of halogens is 2. The third-order valence-corrected chi connectivity index (χ3v) is 5.71. The van der Waals surface area contributed by atoms with E-state index in [0.717, 1.165) is 16.2 Å². The number of pyridine rings is 3. The number of hydrogen-bond donors (Lipinski definition) is 5. The van der Waals surface area contributed by atoms with E-state index >= 15 is 0 Å². The summed E-state index contributed by atoms with van der Waals surface area (Å²) in [4.78, 5) is 23.7. The summed E-state index contributed by atoms with van der Waals surface area (Å²) in [5.41, 5.74) is 13.6. The number of ether oxygens (including phenoxy) is 1. The van der Waals surface area contributed by atoms with Crippen LogP contribution in [-0.2, 0) is 0 Å². The molecule has 0 saturated heterocycles. The highest BCUT2D eigenvalue weighted by Gasteiger charge is 2.09. The zero-order valence-corrected chi connectivity index (χ0v) is 25.0. The molecule has 0 radical (unpaired) electrons. The Morgan fingerprint density at radius 1 is 0.744 bits per heavy atom. The van der Waals surface area contributed by atoms with Gasteiger partial charge in [-0.15, -0.1) is 24.8 Å². The molecule has 0 bridgehead atoms. The first-order valence-electron chi connectivity index (χ1n) is 12.7. The third kappa shape index (κ3) is 8.96. The minimum Gasteiger partial charge on any atom is -0.506 e. The number of nitrogens with one attached hydrogen (secondary N) is 1. The van der Waals surface area contributed by atoms with Gasteiger partial charge < -0.3 is 31.7 Å². The van der Waals surface area contributed by atoms with Crippen molar-refractivity contribution in [2.45, 2.75) is 19.9 Å². The first-order chi connectivity index (χ1) is 19.7. The SMILES string of the molecule is CC(C)NC(=O)Oc1cccc2cccnc12.Cl.Cl.Nc1ccc(O)c2ncccc12.Nc1ccc2cccc(O)c2n1. The fraction of sp³-hybridized carbons (Fsp3) is 0.0968. The summed E-state index contributed by atoms with van der Waals surface area (Å²) in [6.45, 7) is 3.76. The van der Waals surface area contributed by atoms with E-state index in [1.165, 1.54) is 0 Å². The lowest BCUT2D eigenvalue weighted by molar-refractivity contribution is 0.198. The molecule has 6 aromatic rings. The highest BCUT2D eigenvalue weighted by atomic mass is 35.5. The lowest BCUT2D eigenvalue weighted by atomic mass is 10.2. The quantitative estimate of drug-likeness (QED) is 0.105. The predicted molar refractivity (Wildman–Crippen MR) is 176 cm³/mol. The van der Waals surface area contributed by atoms with Crippen LogP contribution in [0.15, 0.2) is 97.3 Å². The smallest absolute Gasteiger partial charge is 0.412 e. The van der Waals surface area contributed by atoms with Gasteiger partial charge in [0, 0.05) is 40.3 Å². The number of nitrogen functional groups attached to an aromatic ring is 2. The molecule has 0 unspecified atom stereocenters. The normalized spacial score (nSPS) is 9.93. The highest BCUT2D eigenvalue weighted by Crippen LogP contribution is 2.26. The van der Waals surface area contributed by atoms with Crippen molar-refractivity contribution in [2.75, 3.05) is 11.5 Å². The van der Waals surface area contributed by atoms with Crippen LogP contribution >= 0.6 is 24.8 Å². The topological polar surface area (TPSA) is 170 Å². The van der Waals surface area contributed by atoms with E-state index in [9.17, 15) is 15.0 Å². The maximum atomic E-state index is 11.5. The molecule has 7 N–H and O–H groups in total. The van der Waals surface area contributed by atoms with Crippen LogP contribution in [0.4, 0.5) is 16.3 Å². The summed E-state index contributed by atoms with van der Waals surface area (Å²) >= 11 is 0. The molecule has 1 amide bonds. The number of fused-ring (bicyclic) bond motifs is 3. The van der Waals surface area contributed by atoms with Crippen LogP contribution in [0.25, 0.3) is 32.7 Å². The Kier molecular flexibility index (Phi) is 12.6. The number of para-hydroxylation sites is 2. The zero-order chi connectivity index (χ0) is 29.4. The second-order valence-electron chi connectivity index (χ2n) is 9.18. The number of phenols is 2. The fourth-order valence-corrected chi connectivity index (χ4v) is 3.85. The van der Waals surface area contributed by atoms with Crippen LogP contribution in [0.3, 0.4) is 0 Å². The van der Waals surface area contributed by atoms with E-state index in [0.29, 0.717) is 33.8 Å². The Balaban J connectivity index is 0.000000225. The van der Waals surface area contributed by atoms with E-state index in [-0.39, 0.29) is 42.4 Å². The predicted octanol–water partition coefficient (Wildman–Crippen LogP) is 6.62. The van der Waals surface area contributed by atoms with Crippen molar-refractivity contribution in [2.24, 2.45) is 0 Å². The molecule has 12 heteroatoms. The summed E-state index contributed by atoms with van der Waals surface area (Å²) in [6, 6.07) is 24.9. The van der Waals surface area contributed by atoms with Gasteiger partial charge >= 0.3 is 6.09 Å². The van der Waals surface area contributed by atoms with Crippen molar-refractivity contribution in [1.29, 1.82) is 0 Å². The average Bonchev–Trinajstić information content (AvgIpc) is 2.96. The minimum absolute atomic E-state index is 0. The van der Waals surface area contributed by atoms with E-state index < -0.39 is 6.09 Å². The Labute approximate surface area is 260 Å². The van der Waals surface area contributed by atoms with Crippen LogP contribution in [-0.4, -0.2) is 37.3 Å². The number of aromatic hydroxyl groups is 2. The van der Waals surface area contributed by atoms with Crippen LogP contribution in [0.5, 0.6) is 17.2 Å². The van der Waals surface area contributed by atoms with Crippen molar-refractivity contribution in [1.82, 2.24) is 20.3 Å². The number of benzene rings is 3. The standard InChI is InChI=1S/C13H14N2O2.2C9H8N2O.2ClH/c1-9(2)15-13(16)17-11-7-3-5-10-6-4-8-14-12(10)11;10-7-3-4-8(12)9-6(7)2-1-5-11-9;10-8-5-4-6-2-1-3-7(12)9(6)11-8;;/h3-9H,1-2H3,(H,15,16);1-5,12H,10H2;1-5,12H,(H2,10,11);2*1H. The van der Waals surface area contributed by atoms with Gasteiger partial charge in [-0.1, -0.05) is 30.3 Å². The molecule has 0 saturated carbocycles. The second kappa shape index (κ2) is 15.8. The lowest BCUT2D eigenvalue weighted by Crippen LogP contribution is -2.32. The van der Waals surface area contributed by atoms with Gasteiger partial charge in [-0.3, -0.25) is 9.97 Å². The van der Waals surface area contributed by atoms with Crippen molar-refractivity contribution in [3.63, 3.8) is 0 Å². The summed E-state index contributed by atoms with van der Waals surface area (Å²) in [6.07, 6.45) is 2.84. The monoisotopic (exact) mass is 622 g/mol. The molecule has 0 aliphatic carbocycles. The number of amides is 1. The van der Waals surface area contributed by atoms with Crippen LogP contribution < -0.4 is 21.5 Å². The number of carbonyl (C=O) groups excluding carboxylic acids is 1. The summed E-state index contributed by atoms with van der Waals surface area (Å²) in [7, 11) is 0. The molecule has 0 fully saturated rings. The molecule has 224 valence electrons. The summed E-state index contributed by atoms with van der Waals surface area (Å²) < 4.78 is 5.23. The number of rotatable bonds is 2. The van der Waals surface area contributed by atoms with Crippen molar-refractivity contribution in [3.8, 4) is 17.2 Å².